The highest BCUT2D eigenvalue weighted by molar-refractivity contribution is 6.40. The van der Waals surface area contributed by atoms with E-state index in [2.05, 4.69) is 15.3 Å². The van der Waals surface area contributed by atoms with Crippen molar-refractivity contribution >= 4 is 63.6 Å². The highest BCUT2D eigenvalue weighted by Crippen LogP contribution is 2.53. The maximum atomic E-state index is 14.2. The average molecular weight is 492 g/mol. The lowest BCUT2D eigenvalue weighted by molar-refractivity contribution is -0.0643. The van der Waals surface area contributed by atoms with Gasteiger partial charge in [0.1, 0.15) is 0 Å². The number of rotatable bonds is 4. The lowest BCUT2D eigenvalue weighted by Crippen LogP contribution is -2.50. The minimum Gasteiger partial charge on any atom is -0.320 e. The van der Waals surface area contributed by atoms with Gasteiger partial charge in [-0.2, -0.15) is 22.6 Å². The summed E-state index contributed by atoms with van der Waals surface area (Å²) in [7, 11) is 0. The molecule has 0 fully saturated rings. The van der Waals surface area contributed by atoms with Crippen LogP contribution in [0, 0.1) is 0 Å². The predicted octanol–water partition coefficient (Wildman–Crippen LogP) is 6.23. The molecule has 1 aromatic heterocycles. The van der Waals surface area contributed by atoms with Gasteiger partial charge in [0, 0.05) is 30.6 Å². The molecule has 3 aromatic rings. The number of amidine groups is 1. The van der Waals surface area contributed by atoms with E-state index in [9.17, 15) is 22.8 Å². The number of aliphatic imine (C=N–C) groups is 1. The molecule has 4 rings (SSSR count). The molecule has 0 saturated heterocycles. The maximum absolute atomic E-state index is 14.2. The van der Waals surface area contributed by atoms with Gasteiger partial charge in [-0.25, -0.2) is 4.79 Å². The summed E-state index contributed by atoms with van der Waals surface area (Å²) in [5.74, 6) is -0.568. The first-order chi connectivity index (χ1) is 15.7. The van der Waals surface area contributed by atoms with Crippen molar-refractivity contribution in [2.24, 2.45) is 4.99 Å². The molecule has 2 heterocycles. The Kier molecular flexibility index (Phi) is 5.82. The van der Waals surface area contributed by atoms with Crippen molar-refractivity contribution in [2.75, 3.05) is 5.32 Å². The molecule has 1 aliphatic heterocycles. The van der Waals surface area contributed by atoms with E-state index in [1.165, 1.54) is 60.8 Å². The Morgan fingerprint density at radius 1 is 1.03 bits per heavy atom. The van der Waals surface area contributed by atoms with Crippen molar-refractivity contribution in [3.63, 3.8) is 0 Å². The van der Waals surface area contributed by atoms with Crippen LogP contribution in [0.15, 0.2) is 72.1 Å². The molecule has 33 heavy (non-hydrogen) atoms. The third-order valence-corrected chi connectivity index (χ3v) is 5.58. The van der Waals surface area contributed by atoms with Gasteiger partial charge in [0.25, 0.3) is 5.91 Å². The number of hydrogen-bond acceptors (Lipinski definition) is 4. The number of carbonyl (C=O) groups excluding carboxylic acids is 2. The number of fused-ring (bicyclic) bond motifs is 1. The highest BCUT2D eigenvalue weighted by atomic mass is 35.5. The van der Waals surface area contributed by atoms with Gasteiger partial charge in [-0.3, -0.25) is 9.78 Å². The Labute approximate surface area is 195 Å². The fraction of sp³-hybridized carbons (Fsp3) is 0.0455. The summed E-state index contributed by atoms with van der Waals surface area (Å²) in [5.41, 5.74) is -0.201. The van der Waals surface area contributed by atoms with E-state index < -0.39 is 22.4 Å². The van der Waals surface area contributed by atoms with Crippen LogP contribution in [-0.4, -0.2) is 28.8 Å². The Bertz CT molecular complexity index is 1320. The Morgan fingerprint density at radius 2 is 1.67 bits per heavy atom. The highest BCUT2D eigenvalue weighted by Gasteiger charge is 2.59. The van der Waals surface area contributed by atoms with Crippen LogP contribution < -0.4 is 9.80 Å². The van der Waals surface area contributed by atoms with E-state index in [-0.39, 0.29) is 38.4 Å². The summed E-state index contributed by atoms with van der Waals surface area (Å²) in [4.78, 5) is 31.9. The molecule has 1 atom stereocenters. The monoisotopic (exact) mass is 491 g/mol. The van der Waals surface area contributed by atoms with Gasteiger partial charge >= 0.3 is 12.0 Å². The molecule has 1 unspecified atom stereocenters. The van der Waals surface area contributed by atoms with E-state index in [1.807, 2.05) is 0 Å². The number of benzene rings is 2. The quantitative estimate of drug-likeness (QED) is 0.347. The summed E-state index contributed by atoms with van der Waals surface area (Å²) in [6.07, 6.45) is -1.62. The fourth-order valence-electron chi connectivity index (χ4n) is 3.62. The van der Waals surface area contributed by atoms with Crippen molar-refractivity contribution in [1.82, 2.24) is 9.47 Å². The van der Waals surface area contributed by atoms with Gasteiger partial charge in [-0.05, 0) is 18.2 Å². The number of nitrogens with one attached hydrogen (secondary N) is 1. The number of hydrogen-bond donors (Lipinski definition) is 1. The van der Waals surface area contributed by atoms with Gasteiger partial charge in [-0.15, -0.1) is 0 Å². The Balaban J connectivity index is 1.92. The van der Waals surface area contributed by atoms with Crippen LogP contribution in [0.2, 0.25) is 10.0 Å². The molecular weight excluding hydrogens is 480 g/mol. The topological polar surface area (TPSA) is 71.4 Å². The van der Waals surface area contributed by atoms with E-state index in [1.54, 1.807) is 6.07 Å². The van der Waals surface area contributed by atoms with E-state index >= 15 is 0 Å². The number of nitrogens with zero attached hydrogens (tertiary/aromatic N) is 3. The zero-order valence-corrected chi connectivity index (χ0v) is 17.9. The van der Waals surface area contributed by atoms with Gasteiger partial charge in [0.15, 0.2) is 29.2 Å². The Hall–Kier alpha value is -3.49. The number of anilines is 1. The van der Waals surface area contributed by atoms with Crippen molar-refractivity contribution in [1.29, 1.82) is 0 Å². The molecule has 11 heteroatoms. The van der Waals surface area contributed by atoms with Crippen LogP contribution in [0.3, 0.4) is 0 Å². The smallest absolute Gasteiger partial charge is 0.320 e. The molecule has 6 nitrogen and oxygen atoms in total. The SMILES string of the molecule is O=C=C[N+]1(c2ccncc2)C(C(F)(F)F)=Nc2c(NC(=O)c3c(Cl)cccc3Cl)cccc21. The second kappa shape index (κ2) is 8.46. The third-order valence-electron chi connectivity index (χ3n) is 4.95. The number of carbonyl (C=O) groups is 1. The second-order valence-electron chi connectivity index (χ2n) is 6.83. The largest absolute Gasteiger partial charge is 0.488 e. The molecule has 0 saturated carbocycles. The normalized spacial score (nSPS) is 17.1. The molecule has 0 spiro atoms. The first-order valence-corrected chi connectivity index (χ1v) is 10.0. The average Bonchev–Trinajstić information content (AvgIpc) is 3.11. The van der Waals surface area contributed by atoms with E-state index in [0.29, 0.717) is 6.20 Å². The summed E-state index contributed by atoms with van der Waals surface area (Å²) >= 11 is 12.2. The number of alkyl halides is 3. The first-order valence-electron chi connectivity index (χ1n) is 9.27. The van der Waals surface area contributed by atoms with Crippen molar-refractivity contribution in [3.05, 3.63) is 82.7 Å². The van der Waals surface area contributed by atoms with Gasteiger partial charge in [0.05, 0.1) is 21.3 Å². The molecule has 1 aliphatic rings. The molecule has 0 aliphatic carbocycles. The summed E-state index contributed by atoms with van der Waals surface area (Å²) < 4.78 is 41.3. The number of para-hydroxylation sites is 1. The van der Waals surface area contributed by atoms with Crippen LogP contribution in [0.25, 0.3) is 0 Å². The van der Waals surface area contributed by atoms with Crippen molar-refractivity contribution in [3.8, 4) is 0 Å². The summed E-state index contributed by atoms with van der Waals surface area (Å²) in [6, 6.07) is 11.3. The van der Waals surface area contributed by atoms with Crippen LogP contribution >= 0.6 is 23.2 Å². The van der Waals surface area contributed by atoms with Gasteiger partial charge < -0.3 is 5.32 Å². The fourth-order valence-corrected chi connectivity index (χ4v) is 4.19. The molecular formula is C22H12Cl2F3N4O2+. The predicted molar refractivity (Wildman–Crippen MR) is 120 cm³/mol. The van der Waals surface area contributed by atoms with Crippen molar-refractivity contribution in [2.45, 2.75) is 6.18 Å². The number of amides is 1. The van der Waals surface area contributed by atoms with Crippen molar-refractivity contribution < 1.29 is 22.8 Å². The molecule has 1 N–H and O–H groups in total. The molecule has 1 amide bonds. The third kappa shape index (κ3) is 3.81. The second-order valence-corrected chi connectivity index (χ2v) is 7.65. The summed E-state index contributed by atoms with van der Waals surface area (Å²) in [5, 5.41) is 2.66. The minimum atomic E-state index is -4.93. The van der Waals surface area contributed by atoms with Crippen LogP contribution in [0.5, 0.6) is 0 Å². The van der Waals surface area contributed by atoms with Crippen LogP contribution in [-0.2, 0) is 4.79 Å². The van der Waals surface area contributed by atoms with E-state index in [0.717, 1.165) is 0 Å². The first kappa shape index (κ1) is 22.7. The molecule has 2 aromatic carbocycles. The zero-order chi connectivity index (χ0) is 23.8. The number of halogens is 5. The molecule has 0 bridgehead atoms. The Morgan fingerprint density at radius 3 is 2.27 bits per heavy atom. The number of quaternary nitrogens is 1. The maximum Gasteiger partial charge on any atom is 0.488 e. The van der Waals surface area contributed by atoms with E-state index in [4.69, 9.17) is 23.2 Å². The number of pyridine rings is 1. The zero-order valence-electron chi connectivity index (χ0n) is 16.4. The molecule has 166 valence electrons. The summed E-state index contributed by atoms with van der Waals surface area (Å²) in [6.45, 7) is 0. The van der Waals surface area contributed by atoms with Gasteiger partial charge in [-0.1, -0.05) is 35.3 Å². The lowest BCUT2D eigenvalue weighted by atomic mass is 10.1. The lowest BCUT2D eigenvalue weighted by Gasteiger charge is -2.29. The minimum absolute atomic E-state index is 0.0140. The number of aromatic nitrogens is 1. The molecule has 0 radical (unpaired) electrons. The van der Waals surface area contributed by atoms with Crippen LogP contribution in [0.1, 0.15) is 10.4 Å². The standard InChI is InChI=1S/C22H11Cl2F3N4O2/c23-14-3-1-4-15(24)18(14)20(33)29-16-5-2-6-17-19(16)30-21(22(25,26)27)31(17,11-12-32)13-7-9-28-10-8-13/h1-11H/p+1. The van der Waals surface area contributed by atoms with Crippen LogP contribution in [0.4, 0.5) is 35.9 Å². The van der Waals surface area contributed by atoms with Gasteiger partial charge in [0.2, 0.25) is 0 Å².